The molecule has 4 aromatic rings. The number of anilines is 1. The number of carbonyl (C=O) groups excluding carboxylic acids is 2. The molecule has 0 aliphatic rings. The molecular formula is C26H22N2O4S. The Kier molecular flexibility index (Phi) is 6.35. The van der Waals surface area contributed by atoms with Crippen molar-refractivity contribution < 1.29 is 18.0 Å². The second kappa shape index (κ2) is 9.36. The third-order valence-corrected chi connectivity index (χ3v) is 6.71. The van der Waals surface area contributed by atoms with Crippen molar-refractivity contribution in [3.63, 3.8) is 0 Å². The highest BCUT2D eigenvalue weighted by molar-refractivity contribution is 7.89. The number of fused-ring (bicyclic) bond motifs is 1. The third kappa shape index (κ3) is 5.16. The van der Waals surface area contributed by atoms with Crippen LogP contribution in [0.15, 0.2) is 95.9 Å². The zero-order valence-electron chi connectivity index (χ0n) is 17.9. The molecule has 2 N–H and O–H groups in total. The van der Waals surface area contributed by atoms with Crippen LogP contribution in [0.4, 0.5) is 5.69 Å². The minimum absolute atomic E-state index is 0.0714. The molecule has 0 aromatic heterocycles. The number of carbonyl (C=O) groups is 2. The molecule has 0 aliphatic carbocycles. The number of ketones is 1. The van der Waals surface area contributed by atoms with Gasteiger partial charge in [0.2, 0.25) is 10.0 Å². The molecule has 0 radical (unpaired) electrons. The van der Waals surface area contributed by atoms with E-state index in [0.717, 1.165) is 16.5 Å². The molecule has 0 heterocycles. The number of hydrogen-bond acceptors (Lipinski definition) is 4. The first-order valence-electron chi connectivity index (χ1n) is 10.3. The van der Waals surface area contributed by atoms with Crippen molar-refractivity contribution in [2.75, 3.05) is 5.32 Å². The molecule has 0 unspecified atom stereocenters. The van der Waals surface area contributed by atoms with Crippen molar-refractivity contribution in [2.24, 2.45) is 0 Å². The van der Waals surface area contributed by atoms with E-state index in [1.54, 1.807) is 24.3 Å². The van der Waals surface area contributed by atoms with Gasteiger partial charge >= 0.3 is 0 Å². The molecule has 4 rings (SSSR count). The number of hydrogen-bond donors (Lipinski definition) is 2. The van der Waals surface area contributed by atoms with Gasteiger partial charge in [-0.1, -0.05) is 60.7 Å². The average Bonchev–Trinajstić information content (AvgIpc) is 2.83. The van der Waals surface area contributed by atoms with Crippen molar-refractivity contribution in [2.45, 2.75) is 18.4 Å². The molecule has 0 atom stereocenters. The van der Waals surface area contributed by atoms with E-state index in [9.17, 15) is 18.0 Å². The molecule has 0 spiro atoms. The molecular weight excluding hydrogens is 436 g/mol. The normalized spacial score (nSPS) is 11.3. The number of amides is 1. The lowest BCUT2D eigenvalue weighted by Crippen LogP contribution is -2.23. The Hall–Kier alpha value is -3.81. The molecule has 1 amide bonds. The van der Waals surface area contributed by atoms with Crippen LogP contribution in [-0.2, 0) is 16.6 Å². The zero-order valence-corrected chi connectivity index (χ0v) is 18.7. The summed E-state index contributed by atoms with van der Waals surface area (Å²) in [6.07, 6.45) is 0. The highest BCUT2D eigenvalue weighted by Crippen LogP contribution is 2.23. The molecule has 166 valence electrons. The highest BCUT2D eigenvalue weighted by atomic mass is 32.2. The minimum atomic E-state index is -3.73. The van der Waals surface area contributed by atoms with E-state index in [0.29, 0.717) is 16.7 Å². The van der Waals surface area contributed by atoms with Crippen LogP contribution in [0.5, 0.6) is 0 Å². The van der Waals surface area contributed by atoms with Crippen LogP contribution in [0.1, 0.15) is 33.2 Å². The molecule has 4 aromatic carbocycles. The molecule has 6 nitrogen and oxygen atoms in total. The second-order valence-electron chi connectivity index (χ2n) is 7.58. The molecule has 0 aliphatic heterocycles. The summed E-state index contributed by atoms with van der Waals surface area (Å²) < 4.78 is 27.6. The van der Waals surface area contributed by atoms with E-state index < -0.39 is 10.0 Å². The average molecular weight is 459 g/mol. The van der Waals surface area contributed by atoms with Gasteiger partial charge < -0.3 is 5.32 Å². The maximum absolute atomic E-state index is 12.7. The Bertz CT molecular complexity index is 1420. The van der Waals surface area contributed by atoms with Gasteiger partial charge in [-0.25, -0.2) is 13.1 Å². The summed E-state index contributed by atoms with van der Waals surface area (Å²) >= 11 is 0. The fourth-order valence-corrected chi connectivity index (χ4v) is 4.45. The van der Waals surface area contributed by atoms with Gasteiger partial charge in [0, 0.05) is 28.7 Å². The van der Waals surface area contributed by atoms with Gasteiger partial charge in [0.1, 0.15) is 0 Å². The maximum Gasteiger partial charge on any atom is 0.255 e. The van der Waals surface area contributed by atoms with Crippen molar-refractivity contribution >= 4 is 38.2 Å². The summed E-state index contributed by atoms with van der Waals surface area (Å²) in [5.41, 5.74) is 2.35. The zero-order chi connectivity index (χ0) is 23.4. The summed E-state index contributed by atoms with van der Waals surface area (Å²) in [6, 6.07) is 26.0. The summed E-state index contributed by atoms with van der Waals surface area (Å²) in [5, 5.41) is 4.93. The SMILES string of the molecule is CC(=O)c1ccc(S(=O)(=O)NCc2ccc(C(=O)Nc3cccc4ccccc34)cc2)cc1. The van der Waals surface area contributed by atoms with Gasteiger partial charge in [0.15, 0.2) is 5.78 Å². The lowest BCUT2D eigenvalue weighted by Gasteiger charge is -2.10. The van der Waals surface area contributed by atoms with Crippen molar-refractivity contribution in [1.29, 1.82) is 0 Å². The fourth-order valence-electron chi connectivity index (χ4n) is 3.43. The number of nitrogens with one attached hydrogen (secondary N) is 2. The van der Waals surface area contributed by atoms with E-state index >= 15 is 0 Å². The topological polar surface area (TPSA) is 92.3 Å². The van der Waals surface area contributed by atoms with Crippen LogP contribution in [0.25, 0.3) is 10.8 Å². The van der Waals surface area contributed by atoms with Crippen LogP contribution >= 0.6 is 0 Å². The third-order valence-electron chi connectivity index (χ3n) is 5.29. The van der Waals surface area contributed by atoms with Crippen LogP contribution in [-0.4, -0.2) is 20.1 Å². The summed E-state index contributed by atoms with van der Waals surface area (Å²) in [7, 11) is -3.73. The van der Waals surface area contributed by atoms with Gasteiger partial charge in [-0.05, 0) is 48.2 Å². The second-order valence-corrected chi connectivity index (χ2v) is 9.35. The van der Waals surface area contributed by atoms with Gasteiger partial charge in [-0.15, -0.1) is 0 Å². The number of rotatable bonds is 7. The van der Waals surface area contributed by atoms with Crippen molar-refractivity contribution in [1.82, 2.24) is 4.72 Å². The monoisotopic (exact) mass is 458 g/mol. The Morgan fingerprint density at radius 1 is 0.758 bits per heavy atom. The standard InChI is InChI=1S/C26H22N2O4S/c1-18(29)20-13-15-23(16-14-20)33(31,32)27-17-19-9-11-22(12-10-19)26(30)28-25-8-4-6-21-5-2-3-7-24(21)25/h2-16,27H,17H2,1H3,(H,28,30). The Balaban J connectivity index is 1.41. The first-order chi connectivity index (χ1) is 15.8. The molecule has 0 saturated carbocycles. The van der Waals surface area contributed by atoms with Crippen molar-refractivity contribution in [3.05, 3.63) is 108 Å². The summed E-state index contributed by atoms with van der Waals surface area (Å²) in [4.78, 5) is 24.1. The molecule has 0 saturated heterocycles. The Morgan fingerprint density at radius 3 is 2.09 bits per heavy atom. The van der Waals surface area contributed by atoms with E-state index in [4.69, 9.17) is 0 Å². The molecule has 7 heteroatoms. The summed E-state index contributed by atoms with van der Waals surface area (Å²) in [5.74, 6) is -0.375. The highest BCUT2D eigenvalue weighted by Gasteiger charge is 2.14. The van der Waals surface area contributed by atoms with Gasteiger partial charge in [-0.3, -0.25) is 9.59 Å². The molecule has 33 heavy (non-hydrogen) atoms. The van der Waals surface area contributed by atoms with Crippen molar-refractivity contribution in [3.8, 4) is 0 Å². The van der Waals surface area contributed by atoms with E-state index in [1.807, 2.05) is 42.5 Å². The number of Topliss-reactive ketones (excluding diaryl/α,β-unsaturated/α-hetero) is 1. The van der Waals surface area contributed by atoms with Gasteiger partial charge in [0.05, 0.1) is 4.90 Å². The van der Waals surface area contributed by atoms with E-state index in [1.165, 1.54) is 31.2 Å². The lowest BCUT2D eigenvalue weighted by atomic mass is 10.1. The minimum Gasteiger partial charge on any atom is -0.321 e. The van der Waals surface area contributed by atoms with Gasteiger partial charge in [-0.2, -0.15) is 0 Å². The predicted molar refractivity (Wildman–Crippen MR) is 129 cm³/mol. The van der Waals surface area contributed by atoms with Gasteiger partial charge in [0.25, 0.3) is 5.91 Å². The Labute approximate surface area is 192 Å². The van der Waals surface area contributed by atoms with Crippen LogP contribution in [0, 0.1) is 0 Å². The van der Waals surface area contributed by atoms with Crippen LogP contribution in [0.3, 0.4) is 0 Å². The lowest BCUT2D eigenvalue weighted by molar-refractivity contribution is 0.101. The first kappa shape index (κ1) is 22.4. The quantitative estimate of drug-likeness (QED) is 0.390. The first-order valence-corrected chi connectivity index (χ1v) is 11.8. The maximum atomic E-state index is 12.7. The number of benzene rings is 4. The summed E-state index contributed by atoms with van der Waals surface area (Å²) in [6.45, 7) is 1.50. The van der Waals surface area contributed by atoms with Crippen LogP contribution in [0.2, 0.25) is 0 Å². The predicted octanol–water partition coefficient (Wildman–Crippen LogP) is 4.77. The van der Waals surface area contributed by atoms with E-state index in [2.05, 4.69) is 10.0 Å². The smallest absolute Gasteiger partial charge is 0.255 e. The molecule has 0 bridgehead atoms. The van der Waals surface area contributed by atoms with Crippen LogP contribution < -0.4 is 10.0 Å². The fraction of sp³-hybridized carbons (Fsp3) is 0.0769. The molecule has 0 fully saturated rings. The Morgan fingerprint density at radius 2 is 1.39 bits per heavy atom. The number of sulfonamides is 1. The van der Waals surface area contributed by atoms with E-state index in [-0.39, 0.29) is 23.1 Å². The largest absolute Gasteiger partial charge is 0.321 e.